The molecule has 3 aliphatic rings. The van der Waals surface area contributed by atoms with Gasteiger partial charge in [0.1, 0.15) is 29.9 Å². The fourth-order valence-electron chi connectivity index (χ4n) is 4.68. The van der Waals surface area contributed by atoms with Crippen LogP contribution in [0.15, 0.2) is 24.3 Å². The number of hydrogen-bond donors (Lipinski definition) is 3. The van der Waals surface area contributed by atoms with E-state index in [4.69, 9.17) is 25.8 Å². The largest absolute Gasteiger partial charge is 0.456 e. The maximum Gasteiger partial charge on any atom is 0.296 e. The van der Waals surface area contributed by atoms with Crippen molar-refractivity contribution in [2.75, 3.05) is 18.5 Å². The Bertz CT molecular complexity index is 1160. The lowest BCUT2D eigenvalue weighted by Crippen LogP contribution is -2.34. The molecule has 10 heteroatoms. The summed E-state index contributed by atoms with van der Waals surface area (Å²) in [4.78, 5) is 12.0. The van der Waals surface area contributed by atoms with Gasteiger partial charge in [0.05, 0.1) is 29.8 Å². The predicted molar refractivity (Wildman–Crippen MR) is 110 cm³/mol. The summed E-state index contributed by atoms with van der Waals surface area (Å²) in [6, 6.07) is 6.93. The number of anilines is 1. The number of hydrogen-bond acceptors (Lipinski definition) is 7. The standard InChI is InChI=1S/C21H20ClFN4O4/c22-10-6-13-20(26-19(10)24-12-5-4-9-2-1-3-11(23)16(9)12)27-21(25-13)31-15-8-30-17-14(28)7-29-18(15)17/h1-3,6,12,14-15,17-18,28H,4-5,7-8H2,(H2,24,25,26,27)/t12-,14-,15-,17?,18-/m1/s1. The molecule has 1 aliphatic carbocycles. The highest BCUT2D eigenvalue weighted by molar-refractivity contribution is 6.33. The van der Waals surface area contributed by atoms with Crippen LogP contribution >= 0.6 is 11.6 Å². The average Bonchev–Trinajstić information content (AvgIpc) is 3.50. The van der Waals surface area contributed by atoms with Crippen molar-refractivity contribution in [3.05, 3.63) is 46.2 Å². The van der Waals surface area contributed by atoms with Crippen molar-refractivity contribution in [2.45, 2.75) is 43.3 Å². The molecular weight excluding hydrogens is 427 g/mol. The van der Waals surface area contributed by atoms with Gasteiger partial charge in [-0.25, -0.2) is 9.37 Å². The Morgan fingerprint density at radius 3 is 3.00 bits per heavy atom. The molecule has 0 amide bonds. The molecule has 6 rings (SSSR count). The summed E-state index contributed by atoms with van der Waals surface area (Å²) in [6.45, 7) is 0.531. The van der Waals surface area contributed by atoms with Crippen LogP contribution < -0.4 is 10.1 Å². The molecule has 8 nitrogen and oxygen atoms in total. The van der Waals surface area contributed by atoms with Gasteiger partial charge in [-0.3, -0.25) is 0 Å². The van der Waals surface area contributed by atoms with Gasteiger partial charge < -0.3 is 29.6 Å². The van der Waals surface area contributed by atoms with Crippen LogP contribution in [0.5, 0.6) is 6.01 Å². The maximum absolute atomic E-state index is 14.3. The maximum atomic E-state index is 14.3. The van der Waals surface area contributed by atoms with Gasteiger partial charge in [-0.05, 0) is 30.5 Å². The zero-order valence-corrected chi connectivity index (χ0v) is 17.1. The minimum absolute atomic E-state index is 0.202. The van der Waals surface area contributed by atoms with E-state index in [0.717, 1.165) is 18.4 Å². The second kappa shape index (κ2) is 7.30. The fourth-order valence-corrected chi connectivity index (χ4v) is 4.89. The van der Waals surface area contributed by atoms with Gasteiger partial charge in [0, 0.05) is 5.56 Å². The van der Waals surface area contributed by atoms with Gasteiger partial charge in [-0.15, -0.1) is 0 Å². The number of fused-ring (bicyclic) bond motifs is 3. The number of aliphatic hydroxyl groups excluding tert-OH is 1. The molecule has 3 aromatic rings. The molecule has 1 aromatic carbocycles. The monoisotopic (exact) mass is 446 g/mol. The number of ether oxygens (including phenoxy) is 3. The smallest absolute Gasteiger partial charge is 0.296 e. The molecule has 4 heterocycles. The number of halogens is 2. The van der Waals surface area contributed by atoms with Gasteiger partial charge in [-0.1, -0.05) is 23.7 Å². The number of nitrogens with zero attached hydrogens (tertiary/aromatic N) is 2. The average molecular weight is 447 g/mol. The van der Waals surface area contributed by atoms with Crippen LogP contribution in [0, 0.1) is 5.82 Å². The highest BCUT2D eigenvalue weighted by Crippen LogP contribution is 2.37. The Kier molecular flexibility index (Phi) is 4.53. The molecule has 31 heavy (non-hydrogen) atoms. The number of benzene rings is 1. The number of nitrogens with one attached hydrogen (secondary N) is 2. The van der Waals surface area contributed by atoms with Crippen molar-refractivity contribution in [1.82, 2.24) is 15.0 Å². The summed E-state index contributed by atoms with van der Waals surface area (Å²) in [5.41, 5.74) is 2.71. The van der Waals surface area contributed by atoms with Crippen LogP contribution in [-0.2, 0) is 15.9 Å². The van der Waals surface area contributed by atoms with Crippen LogP contribution in [0.4, 0.5) is 10.2 Å². The molecule has 1 unspecified atom stereocenters. The quantitative estimate of drug-likeness (QED) is 0.566. The third-order valence-corrected chi connectivity index (χ3v) is 6.44. The molecule has 5 atom stereocenters. The van der Waals surface area contributed by atoms with Crippen LogP contribution in [-0.4, -0.2) is 57.7 Å². The van der Waals surface area contributed by atoms with Gasteiger partial charge in [0.25, 0.3) is 6.01 Å². The Balaban J connectivity index is 1.24. The summed E-state index contributed by atoms with van der Waals surface area (Å²) in [5.74, 6) is 0.219. The Hall–Kier alpha value is -2.46. The summed E-state index contributed by atoms with van der Waals surface area (Å²) < 4.78 is 31.4. The summed E-state index contributed by atoms with van der Waals surface area (Å²) >= 11 is 6.44. The van der Waals surface area contributed by atoms with Gasteiger partial charge >= 0.3 is 0 Å². The summed E-state index contributed by atoms with van der Waals surface area (Å²) in [6.07, 6.45) is -0.186. The zero-order valence-electron chi connectivity index (χ0n) is 16.3. The number of H-pyrrole nitrogens is 1. The van der Waals surface area contributed by atoms with E-state index in [1.165, 1.54) is 6.07 Å². The molecule has 2 aromatic heterocycles. The molecule has 3 N–H and O–H groups in total. The van der Waals surface area contributed by atoms with Crippen LogP contribution in [0.2, 0.25) is 5.02 Å². The first-order valence-electron chi connectivity index (χ1n) is 10.2. The normalized spacial score (nSPS) is 29.3. The number of aliphatic hydroxyl groups is 1. The number of aromatic amines is 1. The Morgan fingerprint density at radius 1 is 1.23 bits per heavy atom. The van der Waals surface area contributed by atoms with Gasteiger partial charge in [-0.2, -0.15) is 4.98 Å². The van der Waals surface area contributed by atoms with Crippen molar-refractivity contribution in [3.8, 4) is 6.01 Å². The summed E-state index contributed by atoms with van der Waals surface area (Å²) in [5, 5.41) is 13.5. The van der Waals surface area contributed by atoms with E-state index in [1.54, 1.807) is 12.1 Å². The molecule has 2 fully saturated rings. The molecule has 0 spiro atoms. The second-order valence-corrected chi connectivity index (χ2v) is 8.51. The molecule has 0 radical (unpaired) electrons. The predicted octanol–water partition coefficient (Wildman–Crippen LogP) is 2.76. The number of aryl methyl sites for hydroxylation is 1. The lowest BCUT2D eigenvalue weighted by atomic mass is 10.1. The third-order valence-electron chi connectivity index (χ3n) is 6.15. The molecule has 2 saturated heterocycles. The van der Waals surface area contributed by atoms with Crippen molar-refractivity contribution >= 4 is 28.6 Å². The van der Waals surface area contributed by atoms with Gasteiger partial charge in [0.15, 0.2) is 11.8 Å². The van der Waals surface area contributed by atoms with E-state index >= 15 is 0 Å². The Morgan fingerprint density at radius 2 is 2.10 bits per heavy atom. The SMILES string of the molecule is O[C@@H]1CO[C@H]2C1OC[C@H]2Oc1nc2nc(N[C@@H]3CCc4cccc(F)c43)c(Cl)cc2[nH]1. The molecular formula is C21H20ClFN4O4. The second-order valence-electron chi connectivity index (χ2n) is 8.10. The Labute approximate surface area is 181 Å². The first-order valence-corrected chi connectivity index (χ1v) is 10.6. The highest BCUT2D eigenvalue weighted by Gasteiger charge is 2.48. The van der Waals surface area contributed by atoms with Crippen molar-refractivity contribution in [3.63, 3.8) is 0 Å². The van der Waals surface area contributed by atoms with Crippen molar-refractivity contribution in [1.29, 1.82) is 0 Å². The van der Waals surface area contributed by atoms with E-state index in [9.17, 15) is 9.50 Å². The minimum atomic E-state index is -0.645. The molecule has 2 aliphatic heterocycles. The lowest BCUT2D eigenvalue weighted by Gasteiger charge is -2.16. The van der Waals surface area contributed by atoms with Crippen LogP contribution in [0.3, 0.4) is 0 Å². The minimum Gasteiger partial charge on any atom is -0.456 e. The number of imidazole rings is 1. The highest BCUT2D eigenvalue weighted by atomic mass is 35.5. The first kappa shape index (κ1) is 19.2. The van der Waals surface area contributed by atoms with Crippen molar-refractivity contribution in [2.24, 2.45) is 0 Å². The van der Waals surface area contributed by atoms with E-state index < -0.39 is 6.10 Å². The molecule has 0 bridgehead atoms. The van der Waals surface area contributed by atoms with Crippen LogP contribution in [0.1, 0.15) is 23.6 Å². The van der Waals surface area contributed by atoms with E-state index in [2.05, 4.69) is 20.3 Å². The third kappa shape index (κ3) is 3.23. The first-order chi connectivity index (χ1) is 15.1. The van der Waals surface area contributed by atoms with Crippen LogP contribution in [0.25, 0.3) is 11.2 Å². The van der Waals surface area contributed by atoms with Gasteiger partial charge in [0.2, 0.25) is 0 Å². The number of rotatable bonds is 4. The van der Waals surface area contributed by atoms with E-state index in [1.807, 2.05) is 6.07 Å². The molecule has 0 saturated carbocycles. The number of aromatic nitrogens is 3. The van der Waals surface area contributed by atoms with E-state index in [0.29, 0.717) is 34.2 Å². The lowest BCUT2D eigenvalue weighted by molar-refractivity contribution is 0.00706. The van der Waals surface area contributed by atoms with E-state index in [-0.39, 0.29) is 42.8 Å². The molecule has 162 valence electrons. The number of pyridine rings is 1. The summed E-state index contributed by atoms with van der Waals surface area (Å²) in [7, 11) is 0. The zero-order chi connectivity index (χ0) is 21.1. The topological polar surface area (TPSA) is 102 Å². The fraction of sp³-hybridized carbons (Fsp3) is 0.429. The van der Waals surface area contributed by atoms with Crippen molar-refractivity contribution < 1.29 is 23.7 Å².